The third-order valence-electron chi connectivity index (χ3n) is 2.14. The minimum absolute atomic E-state index is 0.936. The Balaban J connectivity index is 2.60. The normalized spacial score (nSPS) is 10.9. The van der Waals surface area contributed by atoms with Gasteiger partial charge in [-0.3, -0.25) is 0 Å². The molecular weight excluding hydrogens is 160 g/mol. The van der Waals surface area contributed by atoms with Crippen LogP contribution in [-0.2, 0) is 6.42 Å². The van der Waals surface area contributed by atoms with Crippen molar-refractivity contribution in [1.29, 1.82) is 0 Å². The highest BCUT2D eigenvalue weighted by Gasteiger charge is 2.04. The highest BCUT2D eigenvalue weighted by Crippen LogP contribution is 2.15. The fraction of sp³-hybridized carbons (Fsp3) is 0.273. The van der Waals surface area contributed by atoms with Gasteiger partial charge in [-0.1, -0.05) is 19.1 Å². The number of aromatic nitrogens is 2. The number of hydrogen-bond acceptors (Lipinski definition) is 1. The van der Waals surface area contributed by atoms with Crippen LogP contribution < -0.4 is 0 Å². The molecule has 2 radical (unpaired) electrons. The molecule has 2 rings (SSSR count). The van der Waals surface area contributed by atoms with Crippen LogP contribution in [0.15, 0.2) is 24.3 Å². The Morgan fingerprint density at radius 2 is 2.15 bits per heavy atom. The Bertz CT molecular complexity index is 415. The molecule has 0 bridgehead atoms. The fourth-order valence-corrected chi connectivity index (χ4v) is 1.49. The Morgan fingerprint density at radius 3 is 2.85 bits per heavy atom. The molecule has 66 valence electrons. The van der Waals surface area contributed by atoms with Gasteiger partial charge in [0.05, 0.1) is 18.1 Å². The van der Waals surface area contributed by atoms with Crippen molar-refractivity contribution in [2.24, 2.45) is 0 Å². The number of hydrogen-bond donors (Lipinski definition) is 0. The highest BCUT2D eigenvalue weighted by atomic mass is 15.1. The zero-order valence-corrected chi connectivity index (χ0v) is 7.70. The Labute approximate surface area is 78.2 Å². The number of rotatable bonds is 2. The molecule has 2 heteroatoms. The molecule has 2 aromatic rings. The number of benzene rings is 1. The van der Waals surface area contributed by atoms with Crippen molar-refractivity contribution >= 4 is 11.0 Å². The van der Waals surface area contributed by atoms with Gasteiger partial charge in [-0.15, -0.1) is 0 Å². The van der Waals surface area contributed by atoms with Crippen LogP contribution in [0.1, 0.15) is 19.2 Å². The first-order chi connectivity index (χ1) is 6.33. The molecule has 0 atom stereocenters. The Kier molecular flexibility index (Phi) is 2.05. The largest absolute Gasteiger partial charge is 0.320 e. The van der Waals surface area contributed by atoms with Gasteiger partial charge in [0.2, 0.25) is 0 Å². The average Bonchev–Trinajstić information content (AvgIpc) is 2.46. The smallest absolute Gasteiger partial charge is 0.110 e. The molecule has 0 spiro atoms. The molecule has 1 aromatic carbocycles. The van der Waals surface area contributed by atoms with Gasteiger partial charge in [0.25, 0.3) is 0 Å². The molecule has 0 N–H and O–H groups in total. The quantitative estimate of drug-likeness (QED) is 0.680. The van der Waals surface area contributed by atoms with Gasteiger partial charge < -0.3 is 4.57 Å². The van der Waals surface area contributed by atoms with Gasteiger partial charge in [-0.25, -0.2) is 4.98 Å². The fourth-order valence-electron chi connectivity index (χ4n) is 1.49. The summed E-state index contributed by atoms with van der Waals surface area (Å²) in [5.74, 6) is 0.962. The van der Waals surface area contributed by atoms with Gasteiger partial charge in [0.15, 0.2) is 0 Å². The summed E-state index contributed by atoms with van der Waals surface area (Å²) in [7, 11) is 5.88. The number of imidazole rings is 1. The molecule has 0 amide bonds. The molecule has 0 unspecified atom stereocenters. The van der Waals surface area contributed by atoms with E-state index >= 15 is 0 Å². The van der Waals surface area contributed by atoms with Crippen molar-refractivity contribution in [3.05, 3.63) is 37.1 Å². The minimum Gasteiger partial charge on any atom is -0.320 e. The lowest BCUT2D eigenvalue weighted by atomic mass is 10.3. The van der Waals surface area contributed by atoms with Crippen LogP contribution in [-0.4, -0.2) is 9.55 Å². The molecule has 0 aliphatic rings. The summed E-state index contributed by atoms with van der Waals surface area (Å²) < 4.78 is 1.68. The van der Waals surface area contributed by atoms with Crippen molar-refractivity contribution in [2.45, 2.75) is 19.8 Å². The van der Waals surface area contributed by atoms with Crippen molar-refractivity contribution < 1.29 is 0 Å². The van der Waals surface area contributed by atoms with Crippen LogP contribution in [0.2, 0.25) is 0 Å². The second-order valence-electron chi connectivity index (χ2n) is 3.14. The summed E-state index contributed by atoms with van der Waals surface area (Å²) in [4.78, 5) is 4.44. The standard InChI is InChI=1S/C11H12N2/c1-3-6-11-12-9-7-4-5-8-10(9)13(11)2/h2,4-5,7-8H,3,6H2,1H3. The van der Waals surface area contributed by atoms with Gasteiger partial charge in [-0.05, 0) is 18.6 Å². The minimum atomic E-state index is 0.936. The second kappa shape index (κ2) is 3.21. The van der Waals surface area contributed by atoms with Crippen LogP contribution in [0.4, 0.5) is 0 Å². The lowest BCUT2D eigenvalue weighted by Gasteiger charge is -1.97. The summed E-state index contributed by atoms with van der Waals surface area (Å²) in [5, 5.41) is 0. The summed E-state index contributed by atoms with van der Waals surface area (Å²) in [6.45, 7) is 2.12. The second-order valence-corrected chi connectivity index (χ2v) is 3.14. The van der Waals surface area contributed by atoms with Crippen LogP contribution in [0.3, 0.4) is 0 Å². The topological polar surface area (TPSA) is 17.8 Å². The molecule has 0 aliphatic heterocycles. The van der Waals surface area contributed by atoms with Crippen molar-refractivity contribution in [2.75, 3.05) is 0 Å². The molecule has 0 fully saturated rings. The van der Waals surface area contributed by atoms with E-state index in [4.69, 9.17) is 7.05 Å². The molecular formula is C11H12N2. The molecule has 0 saturated heterocycles. The van der Waals surface area contributed by atoms with E-state index in [1.807, 2.05) is 24.3 Å². The van der Waals surface area contributed by atoms with E-state index in [0.717, 1.165) is 29.7 Å². The van der Waals surface area contributed by atoms with E-state index < -0.39 is 0 Å². The maximum absolute atomic E-state index is 5.88. The van der Waals surface area contributed by atoms with Crippen LogP contribution in [0, 0.1) is 7.05 Å². The van der Waals surface area contributed by atoms with Crippen molar-refractivity contribution in [3.63, 3.8) is 0 Å². The van der Waals surface area contributed by atoms with Gasteiger partial charge in [-0.2, -0.15) is 0 Å². The highest BCUT2D eigenvalue weighted by molar-refractivity contribution is 5.76. The van der Waals surface area contributed by atoms with Crippen LogP contribution in [0.5, 0.6) is 0 Å². The van der Waals surface area contributed by atoms with E-state index in [1.165, 1.54) is 0 Å². The summed E-state index contributed by atoms with van der Waals surface area (Å²) >= 11 is 0. The molecule has 1 aromatic heterocycles. The maximum Gasteiger partial charge on any atom is 0.110 e. The Morgan fingerprint density at radius 1 is 1.38 bits per heavy atom. The number of aryl methyl sites for hydroxylation is 1. The van der Waals surface area contributed by atoms with Gasteiger partial charge >= 0.3 is 0 Å². The van der Waals surface area contributed by atoms with Crippen LogP contribution in [0.25, 0.3) is 11.0 Å². The van der Waals surface area contributed by atoms with E-state index in [1.54, 1.807) is 4.57 Å². The monoisotopic (exact) mass is 172 g/mol. The first kappa shape index (κ1) is 8.30. The lowest BCUT2D eigenvalue weighted by molar-refractivity contribution is 0.817. The first-order valence-electron chi connectivity index (χ1n) is 4.54. The third kappa shape index (κ3) is 1.32. The predicted octanol–water partition coefficient (Wildman–Crippen LogP) is 2.51. The summed E-state index contributed by atoms with van der Waals surface area (Å²) in [6.07, 6.45) is 2.01. The van der Waals surface area contributed by atoms with Crippen molar-refractivity contribution in [1.82, 2.24) is 9.55 Å². The van der Waals surface area contributed by atoms with Gasteiger partial charge in [0.1, 0.15) is 5.82 Å². The SMILES string of the molecule is [CH]n1c(CCC)nc2ccccc21. The lowest BCUT2D eigenvalue weighted by Crippen LogP contribution is -1.94. The number of para-hydroxylation sites is 2. The van der Waals surface area contributed by atoms with E-state index in [-0.39, 0.29) is 0 Å². The van der Waals surface area contributed by atoms with Gasteiger partial charge in [0, 0.05) is 6.42 Å². The zero-order chi connectivity index (χ0) is 9.26. The zero-order valence-electron chi connectivity index (χ0n) is 7.70. The third-order valence-corrected chi connectivity index (χ3v) is 2.14. The van der Waals surface area contributed by atoms with E-state index in [0.29, 0.717) is 0 Å². The summed E-state index contributed by atoms with van der Waals surface area (Å²) in [5.41, 5.74) is 1.99. The van der Waals surface area contributed by atoms with Crippen LogP contribution >= 0.6 is 0 Å². The first-order valence-corrected chi connectivity index (χ1v) is 4.54. The van der Waals surface area contributed by atoms with Crippen molar-refractivity contribution in [3.8, 4) is 0 Å². The average molecular weight is 172 g/mol. The summed E-state index contributed by atoms with van der Waals surface area (Å²) in [6, 6.07) is 7.92. The molecule has 13 heavy (non-hydrogen) atoms. The molecule has 1 heterocycles. The number of fused-ring (bicyclic) bond motifs is 1. The Hall–Kier alpha value is -1.31. The molecule has 2 nitrogen and oxygen atoms in total. The maximum atomic E-state index is 5.88. The van der Waals surface area contributed by atoms with E-state index in [2.05, 4.69) is 11.9 Å². The predicted molar refractivity (Wildman–Crippen MR) is 53.4 cm³/mol. The molecule has 0 aliphatic carbocycles. The van der Waals surface area contributed by atoms with E-state index in [9.17, 15) is 0 Å². The molecule has 0 saturated carbocycles. The number of nitrogens with zero attached hydrogens (tertiary/aromatic N) is 2.